The molecule has 0 radical (unpaired) electrons. The summed E-state index contributed by atoms with van der Waals surface area (Å²) in [5.74, 6) is -8.88. The third-order valence-electron chi connectivity index (χ3n) is 16.6. The lowest BCUT2D eigenvalue weighted by Crippen LogP contribution is -2.56. The monoisotopic (exact) mass is 1250 g/mol. The summed E-state index contributed by atoms with van der Waals surface area (Å²) >= 11 is 2.25. The maximum Gasteiger partial charge on any atom is 0.194 e. The second-order valence-electron chi connectivity index (χ2n) is 22.6. The molecule has 468 valence electrons. The molecule has 8 N–H and O–H groups in total. The highest BCUT2D eigenvalue weighted by Crippen LogP contribution is 2.51. The van der Waals surface area contributed by atoms with Crippen LogP contribution in [0.5, 0.6) is 0 Å². The molecule has 86 heavy (non-hydrogen) atoms. The molecule has 22 nitrogen and oxygen atoms in total. The molecule has 4 aromatic heterocycles. The molecule has 0 bridgehead atoms. The smallest absolute Gasteiger partial charge is 0.194 e. The lowest BCUT2D eigenvalue weighted by Gasteiger charge is -2.46. The summed E-state index contributed by atoms with van der Waals surface area (Å²) in [6.07, 6.45) is -3.92. The third-order valence-corrected chi connectivity index (χ3v) is 19.8. The van der Waals surface area contributed by atoms with E-state index in [1.807, 2.05) is 41.8 Å². The number of piperidine rings is 2. The predicted octanol–water partition coefficient (Wildman–Crippen LogP) is 3.98. The van der Waals surface area contributed by atoms with E-state index in [4.69, 9.17) is 19.4 Å². The minimum atomic E-state index is -1.62. The van der Waals surface area contributed by atoms with Gasteiger partial charge in [-0.3, -0.25) is 19.9 Å². The molecule has 1 unspecified atom stereocenters. The van der Waals surface area contributed by atoms with Crippen LogP contribution in [0.4, 0.5) is 26.3 Å². The first-order chi connectivity index (χ1) is 40.6. The molecule has 0 saturated carbocycles. The number of ether oxygens (including phenoxy) is 2. The molecule has 4 saturated heterocycles. The number of benzene rings is 2. The second-order valence-corrected chi connectivity index (χ2v) is 25.1. The van der Waals surface area contributed by atoms with E-state index in [2.05, 4.69) is 40.4 Å². The van der Waals surface area contributed by atoms with E-state index in [0.717, 1.165) is 68.5 Å². The van der Waals surface area contributed by atoms with Crippen molar-refractivity contribution in [2.24, 2.45) is 0 Å². The van der Waals surface area contributed by atoms with Gasteiger partial charge in [0.25, 0.3) is 0 Å². The first-order valence-corrected chi connectivity index (χ1v) is 29.7. The van der Waals surface area contributed by atoms with Crippen LogP contribution < -0.4 is 0 Å². The first-order valence-electron chi connectivity index (χ1n) is 27.8. The molecule has 0 amide bonds. The zero-order valence-corrected chi connectivity index (χ0v) is 49.9. The van der Waals surface area contributed by atoms with E-state index in [1.54, 1.807) is 13.8 Å². The maximum absolute atomic E-state index is 13.9. The van der Waals surface area contributed by atoms with Gasteiger partial charge in [0.2, 0.25) is 0 Å². The number of halogens is 6. The summed E-state index contributed by atoms with van der Waals surface area (Å²) in [5.41, 5.74) is 0.294. The molecule has 6 aromatic rings. The fourth-order valence-corrected chi connectivity index (χ4v) is 14.4. The SMILES string of the molecule is Cc1nc(C)c(C(S[C@@H]2O[C@H](CO)[C@H](O)[C@H](n3cc(-c4cc(F)c(F)c(F)c4)nn3)[C@H]2O)C2(O)CCN(C)CC2)nc1C.Cc1nc(C)c([C@H](S[C@@H]2O[C@H](CO)[C@H](O)[C@H](n3cc(-c4cc(F)c(F)c(F)c4)nn3)[C@H]2O)C2(O)CCN(C)CC2)nc1C. The zero-order chi connectivity index (χ0) is 62.4. The van der Waals surface area contributed by atoms with Crippen LogP contribution in [0.2, 0.25) is 0 Å². The largest absolute Gasteiger partial charge is 0.394 e. The molecule has 10 rings (SSSR count). The number of likely N-dealkylation sites (tertiary alicyclic amines) is 2. The van der Waals surface area contributed by atoms with Crippen molar-refractivity contribution in [2.75, 3.05) is 53.5 Å². The fourth-order valence-electron chi connectivity index (χ4n) is 11.2. The van der Waals surface area contributed by atoms with Crippen LogP contribution in [0.25, 0.3) is 22.5 Å². The van der Waals surface area contributed by atoms with Crippen molar-refractivity contribution in [1.82, 2.24) is 59.7 Å². The number of rotatable bonds is 14. The first kappa shape index (κ1) is 65.1. The molecule has 12 atom stereocenters. The minimum Gasteiger partial charge on any atom is -0.394 e. The Morgan fingerprint density at radius 1 is 0.512 bits per heavy atom. The lowest BCUT2D eigenvalue weighted by molar-refractivity contribution is -0.179. The Kier molecular flexibility index (Phi) is 20.0. The van der Waals surface area contributed by atoms with Gasteiger partial charge in [-0.15, -0.1) is 33.7 Å². The highest BCUT2D eigenvalue weighted by Gasteiger charge is 2.53. The van der Waals surface area contributed by atoms with Gasteiger partial charge in [-0.2, -0.15) is 0 Å². The summed E-state index contributed by atoms with van der Waals surface area (Å²) in [7, 11) is 3.94. The average molecular weight is 1250 g/mol. The number of aliphatic hydroxyl groups is 8. The van der Waals surface area contributed by atoms with E-state index >= 15 is 0 Å². The summed E-state index contributed by atoms with van der Waals surface area (Å²) in [4.78, 5) is 23.0. The van der Waals surface area contributed by atoms with E-state index in [9.17, 15) is 67.2 Å². The Balaban J connectivity index is 0.000000205. The van der Waals surface area contributed by atoms with Gasteiger partial charge >= 0.3 is 0 Å². The Morgan fingerprint density at radius 3 is 1.14 bits per heavy atom. The molecule has 4 aliphatic rings. The lowest BCUT2D eigenvalue weighted by atomic mass is 9.86. The van der Waals surface area contributed by atoms with Crippen LogP contribution in [0, 0.1) is 76.4 Å². The van der Waals surface area contributed by atoms with Gasteiger partial charge in [-0.25, -0.2) is 35.7 Å². The van der Waals surface area contributed by atoms with Gasteiger partial charge in [0.15, 0.2) is 34.9 Å². The Morgan fingerprint density at radius 2 is 0.826 bits per heavy atom. The fraction of sp³-hybridized carbons (Fsp3) is 0.571. The molecule has 8 heterocycles. The van der Waals surface area contributed by atoms with Crippen LogP contribution >= 0.6 is 23.5 Å². The van der Waals surface area contributed by atoms with E-state index in [0.29, 0.717) is 86.0 Å². The Labute approximate surface area is 499 Å². The van der Waals surface area contributed by atoms with E-state index in [-0.39, 0.29) is 22.5 Å². The van der Waals surface area contributed by atoms with Crippen molar-refractivity contribution >= 4 is 23.5 Å². The summed E-state index contributed by atoms with van der Waals surface area (Å²) in [5, 5.41) is 104. The van der Waals surface area contributed by atoms with Crippen molar-refractivity contribution in [3.63, 3.8) is 0 Å². The molecule has 4 aliphatic heterocycles. The molecule has 2 aromatic carbocycles. The van der Waals surface area contributed by atoms with Crippen LogP contribution in [-0.2, 0) is 9.47 Å². The molecule has 0 aliphatic carbocycles. The number of hydrogen-bond acceptors (Lipinski definition) is 22. The molecule has 0 spiro atoms. The predicted molar refractivity (Wildman–Crippen MR) is 301 cm³/mol. The number of aromatic nitrogens is 10. The quantitative estimate of drug-likeness (QED) is 0.0565. The Bertz CT molecular complexity index is 3120. The number of hydrogen-bond donors (Lipinski definition) is 8. The summed E-state index contributed by atoms with van der Waals surface area (Å²) in [6, 6.07) is 0.632. The number of aliphatic hydroxyl groups excluding tert-OH is 6. The molecular weight excluding hydrogens is 1180 g/mol. The van der Waals surface area contributed by atoms with Crippen molar-refractivity contribution in [3.8, 4) is 22.5 Å². The number of nitrogens with zero attached hydrogens (tertiary/aromatic N) is 12. The zero-order valence-electron chi connectivity index (χ0n) is 48.3. The van der Waals surface area contributed by atoms with Gasteiger partial charge in [0.1, 0.15) is 71.0 Å². The van der Waals surface area contributed by atoms with Crippen LogP contribution in [0.15, 0.2) is 36.7 Å². The van der Waals surface area contributed by atoms with Crippen molar-refractivity contribution < 1.29 is 76.7 Å². The van der Waals surface area contributed by atoms with Crippen LogP contribution in [0.3, 0.4) is 0 Å². The number of thioether (sulfide) groups is 2. The maximum atomic E-state index is 13.9. The van der Waals surface area contributed by atoms with Gasteiger partial charge in [0.05, 0.1) is 92.9 Å². The van der Waals surface area contributed by atoms with Crippen LogP contribution in [-0.4, -0.2) is 213 Å². The third kappa shape index (κ3) is 13.3. The topological polar surface area (TPSA) is 300 Å². The van der Waals surface area contributed by atoms with Gasteiger partial charge in [0, 0.05) is 37.3 Å². The average Bonchev–Trinajstić information content (AvgIpc) is 1.25. The highest BCUT2D eigenvalue weighted by molar-refractivity contribution is 8.00. The summed E-state index contributed by atoms with van der Waals surface area (Å²) < 4.78 is 96.7. The standard InChI is InChI=1S/2C28H35F3N6O5S/c2*1-13-14(2)33-22(15(3)32-13)26(28(41)5-7-36(4)8-6-28)43-27-25(40)23(24(39)20(12-38)42-27)37-11-19(34-35-37)16-9-17(29)21(31)18(30)10-16/h2*9-11,20,23-27,38-41H,5-8,12H2,1-4H3/t20-,23+,24+,25-,26?,27+;20-,23+,24+,25-,26+,27+/m11/s1. The van der Waals surface area contributed by atoms with E-state index < -0.39 is 129 Å². The molecular formula is C56H70F6N12O10S2. The van der Waals surface area contributed by atoms with Gasteiger partial charge < -0.3 is 60.1 Å². The Hall–Kier alpha value is -5.32. The second kappa shape index (κ2) is 26.4. The van der Waals surface area contributed by atoms with Crippen molar-refractivity contribution in [3.05, 3.63) is 117 Å². The van der Waals surface area contributed by atoms with E-state index in [1.165, 1.54) is 12.4 Å². The number of aryl methyl sites for hydroxylation is 6. The summed E-state index contributed by atoms with van der Waals surface area (Å²) in [6.45, 7) is 12.3. The van der Waals surface area contributed by atoms with Crippen LogP contribution in [0.1, 0.15) is 93.8 Å². The van der Waals surface area contributed by atoms with Crippen molar-refractivity contribution in [2.45, 2.75) is 149 Å². The highest BCUT2D eigenvalue weighted by atomic mass is 32.2. The van der Waals surface area contributed by atoms with Crippen molar-refractivity contribution in [1.29, 1.82) is 0 Å². The van der Waals surface area contributed by atoms with Gasteiger partial charge in [-0.05, 0) is 106 Å². The normalized spacial score (nSPS) is 26.9. The molecule has 4 fully saturated rings. The minimum absolute atomic E-state index is 0.0343. The molecule has 30 heteroatoms. The van der Waals surface area contributed by atoms with Gasteiger partial charge in [-0.1, -0.05) is 10.4 Å².